The molecular formula is C7H11ClO3. The molecule has 0 aromatic carbocycles. The fourth-order valence-corrected chi connectivity index (χ4v) is 0.834. The Labute approximate surface area is 70.6 Å². The van der Waals surface area contributed by atoms with E-state index in [0.29, 0.717) is 0 Å². The SMILES string of the molecule is C=C(C(=O)OC)C(CO)CCl. The molecule has 0 aromatic rings. The van der Waals surface area contributed by atoms with Crippen molar-refractivity contribution in [3.05, 3.63) is 12.2 Å². The Bertz CT molecular complexity index is 152. The molecule has 0 amide bonds. The van der Waals surface area contributed by atoms with Crippen LogP contribution < -0.4 is 0 Å². The minimum atomic E-state index is -0.523. The number of esters is 1. The smallest absolute Gasteiger partial charge is 0.333 e. The molecule has 0 rings (SSSR count). The minimum absolute atomic E-state index is 0.171. The zero-order valence-corrected chi connectivity index (χ0v) is 7.10. The molecule has 1 atom stereocenters. The van der Waals surface area contributed by atoms with Crippen LogP contribution in [-0.2, 0) is 9.53 Å². The first kappa shape index (κ1) is 10.5. The summed E-state index contributed by atoms with van der Waals surface area (Å²) < 4.78 is 4.39. The predicted molar refractivity (Wildman–Crippen MR) is 42.5 cm³/mol. The van der Waals surface area contributed by atoms with Crippen molar-refractivity contribution in [2.45, 2.75) is 0 Å². The maximum atomic E-state index is 10.8. The van der Waals surface area contributed by atoms with Crippen LogP contribution in [0.2, 0.25) is 0 Å². The van der Waals surface area contributed by atoms with Crippen LogP contribution in [-0.4, -0.2) is 30.7 Å². The zero-order chi connectivity index (χ0) is 8.85. The second-order valence-corrected chi connectivity index (χ2v) is 2.36. The van der Waals surface area contributed by atoms with Gasteiger partial charge in [-0.3, -0.25) is 0 Å². The van der Waals surface area contributed by atoms with Gasteiger partial charge in [-0.25, -0.2) is 4.79 Å². The predicted octanol–water partition coefficient (Wildman–Crippen LogP) is 0.563. The Morgan fingerprint density at radius 1 is 1.82 bits per heavy atom. The number of hydrogen-bond acceptors (Lipinski definition) is 3. The Balaban J connectivity index is 4.09. The highest BCUT2D eigenvalue weighted by Crippen LogP contribution is 2.11. The number of methoxy groups -OCH3 is 1. The summed E-state index contributed by atoms with van der Waals surface area (Å²) in [5, 5.41) is 8.69. The van der Waals surface area contributed by atoms with E-state index in [1.165, 1.54) is 7.11 Å². The van der Waals surface area contributed by atoms with Gasteiger partial charge in [-0.15, -0.1) is 11.6 Å². The lowest BCUT2D eigenvalue weighted by Gasteiger charge is -2.10. The van der Waals surface area contributed by atoms with Crippen molar-refractivity contribution < 1.29 is 14.6 Å². The molecule has 0 fully saturated rings. The van der Waals surface area contributed by atoms with Crippen molar-refractivity contribution in [2.75, 3.05) is 19.6 Å². The Hall–Kier alpha value is -0.540. The minimum Gasteiger partial charge on any atom is -0.466 e. The van der Waals surface area contributed by atoms with E-state index in [0.717, 1.165) is 0 Å². The van der Waals surface area contributed by atoms with Gasteiger partial charge in [0.15, 0.2) is 0 Å². The highest BCUT2D eigenvalue weighted by atomic mass is 35.5. The number of aliphatic hydroxyl groups is 1. The van der Waals surface area contributed by atoms with Crippen LogP contribution in [0.1, 0.15) is 0 Å². The largest absolute Gasteiger partial charge is 0.466 e. The summed E-state index contributed by atoms with van der Waals surface area (Å²) in [4.78, 5) is 10.8. The molecule has 0 radical (unpaired) electrons. The second-order valence-electron chi connectivity index (χ2n) is 2.05. The van der Waals surface area contributed by atoms with Crippen LogP contribution in [0.25, 0.3) is 0 Å². The molecule has 0 aromatic heterocycles. The molecule has 3 nitrogen and oxygen atoms in total. The molecule has 0 saturated carbocycles. The summed E-state index contributed by atoms with van der Waals surface area (Å²) in [6.07, 6.45) is 0. The normalized spacial score (nSPS) is 12.3. The topological polar surface area (TPSA) is 46.5 Å². The standard InChI is InChI=1S/C7H11ClO3/c1-5(7(10)11-2)6(3-8)4-9/h6,9H,1,3-4H2,2H3. The molecule has 1 N–H and O–H groups in total. The van der Waals surface area contributed by atoms with Crippen LogP contribution in [0.15, 0.2) is 12.2 Å². The highest BCUT2D eigenvalue weighted by Gasteiger charge is 2.17. The van der Waals surface area contributed by atoms with E-state index < -0.39 is 11.9 Å². The first-order chi connectivity index (χ1) is 5.17. The van der Waals surface area contributed by atoms with E-state index in [1.807, 2.05) is 0 Å². The van der Waals surface area contributed by atoms with Crippen LogP contribution in [0.3, 0.4) is 0 Å². The average molecular weight is 179 g/mol. The van der Waals surface area contributed by atoms with Crippen molar-refractivity contribution in [2.24, 2.45) is 5.92 Å². The van der Waals surface area contributed by atoms with Gasteiger partial charge in [-0.05, 0) is 0 Å². The molecular weight excluding hydrogens is 168 g/mol. The van der Waals surface area contributed by atoms with Gasteiger partial charge in [0.1, 0.15) is 0 Å². The molecule has 0 aliphatic heterocycles. The van der Waals surface area contributed by atoms with Crippen LogP contribution in [0.5, 0.6) is 0 Å². The third kappa shape index (κ3) is 2.91. The number of carbonyl (C=O) groups is 1. The lowest BCUT2D eigenvalue weighted by molar-refractivity contribution is -0.136. The van der Waals surface area contributed by atoms with Gasteiger partial charge in [0.2, 0.25) is 0 Å². The lowest BCUT2D eigenvalue weighted by Crippen LogP contribution is -2.18. The maximum Gasteiger partial charge on any atom is 0.333 e. The average Bonchev–Trinajstić information content (AvgIpc) is 2.05. The van der Waals surface area contributed by atoms with Crippen molar-refractivity contribution in [1.29, 1.82) is 0 Å². The molecule has 0 heterocycles. The van der Waals surface area contributed by atoms with E-state index >= 15 is 0 Å². The summed E-state index contributed by atoms with van der Waals surface area (Å²) in [7, 11) is 1.26. The van der Waals surface area contributed by atoms with Gasteiger partial charge in [-0.2, -0.15) is 0 Å². The molecule has 0 aliphatic carbocycles. The molecule has 1 unspecified atom stereocenters. The third-order valence-electron chi connectivity index (χ3n) is 1.35. The number of aliphatic hydroxyl groups excluding tert-OH is 1. The monoisotopic (exact) mass is 178 g/mol. The Kier molecular flexibility index (Phi) is 4.90. The van der Waals surface area contributed by atoms with Crippen LogP contribution in [0, 0.1) is 5.92 Å². The summed E-state index contributed by atoms with van der Waals surface area (Å²) in [6.45, 7) is 3.27. The van der Waals surface area contributed by atoms with Gasteiger partial charge in [0.05, 0.1) is 13.7 Å². The Morgan fingerprint density at radius 2 is 2.36 bits per heavy atom. The number of alkyl halides is 1. The van der Waals surface area contributed by atoms with Gasteiger partial charge < -0.3 is 9.84 Å². The zero-order valence-electron chi connectivity index (χ0n) is 6.34. The summed E-state index contributed by atoms with van der Waals surface area (Å²) in [5.41, 5.74) is 0.213. The molecule has 0 saturated heterocycles. The van der Waals surface area contributed by atoms with Crippen molar-refractivity contribution in [3.8, 4) is 0 Å². The quantitative estimate of drug-likeness (QED) is 0.389. The number of carbonyl (C=O) groups excluding carboxylic acids is 1. The number of ether oxygens (including phenoxy) is 1. The molecule has 0 aliphatic rings. The van der Waals surface area contributed by atoms with Crippen LogP contribution in [0.4, 0.5) is 0 Å². The fourth-order valence-electron chi connectivity index (χ4n) is 0.550. The summed E-state index contributed by atoms with van der Waals surface area (Å²) in [6, 6.07) is 0. The van der Waals surface area contributed by atoms with E-state index in [4.69, 9.17) is 16.7 Å². The number of rotatable bonds is 4. The van der Waals surface area contributed by atoms with Crippen molar-refractivity contribution in [3.63, 3.8) is 0 Å². The van der Waals surface area contributed by atoms with E-state index in [-0.39, 0.29) is 18.1 Å². The Morgan fingerprint density at radius 3 is 2.64 bits per heavy atom. The highest BCUT2D eigenvalue weighted by molar-refractivity contribution is 6.18. The summed E-state index contributed by atoms with van der Waals surface area (Å²) >= 11 is 5.43. The lowest BCUT2D eigenvalue weighted by atomic mass is 10.0. The second kappa shape index (κ2) is 5.16. The molecule has 11 heavy (non-hydrogen) atoms. The van der Waals surface area contributed by atoms with Crippen molar-refractivity contribution >= 4 is 17.6 Å². The van der Waals surface area contributed by atoms with Crippen LogP contribution >= 0.6 is 11.6 Å². The van der Waals surface area contributed by atoms with E-state index in [2.05, 4.69) is 11.3 Å². The van der Waals surface area contributed by atoms with Crippen molar-refractivity contribution in [1.82, 2.24) is 0 Å². The van der Waals surface area contributed by atoms with Gasteiger partial charge in [0, 0.05) is 17.4 Å². The third-order valence-corrected chi connectivity index (χ3v) is 1.72. The number of hydrogen-bond donors (Lipinski definition) is 1. The molecule has 0 spiro atoms. The van der Waals surface area contributed by atoms with Gasteiger partial charge in [-0.1, -0.05) is 6.58 Å². The molecule has 0 bridgehead atoms. The molecule has 4 heteroatoms. The van der Waals surface area contributed by atoms with Gasteiger partial charge in [0.25, 0.3) is 0 Å². The van der Waals surface area contributed by atoms with E-state index in [1.54, 1.807) is 0 Å². The van der Waals surface area contributed by atoms with Gasteiger partial charge >= 0.3 is 5.97 Å². The summed E-state index contributed by atoms with van der Waals surface area (Å²) in [5.74, 6) is -0.751. The molecule has 64 valence electrons. The number of halogens is 1. The first-order valence-corrected chi connectivity index (χ1v) is 3.64. The fraction of sp³-hybridized carbons (Fsp3) is 0.571. The first-order valence-electron chi connectivity index (χ1n) is 3.11. The maximum absolute atomic E-state index is 10.8. The van der Waals surface area contributed by atoms with E-state index in [9.17, 15) is 4.79 Å².